The Morgan fingerprint density at radius 3 is 2.32 bits per heavy atom. The average Bonchev–Trinajstić information content (AvgIpc) is 2.72. The number of hydrogen-bond acceptors (Lipinski definition) is 5. The van der Waals surface area contributed by atoms with Gasteiger partial charge >= 0.3 is 6.16 Å². The third kappa shape index (κ3) is 7.45. The predicted molar refractivity (Wildman–Crippen MR) is 108 cm³/mol. The van der Waals surface area contributed by atoms with Gasteiger partial charge in [-0.15, -0.1) is 0 Å². The Bertz CT molecular complexity index is 896. The molecule has 0 saturated heterocycles. The summed E-state index contributed by atoms with van der Waals surface area (Å²) in [6.07, 6.45) is 0.678. The highest BCUT2D eigenvalue weighted by Gasteiger charge is 2.14. The molecule has 1 atom stereocenters. The van der Waals surface area contributed by atoms with E-state index < -0.39 is 22.1 Å². The maximum atomic E-state index is 12.2. The highest BCUT2D eigenvalue weighted by atomic mass is 32.2. The summed E-state index contributed by atoms with van der Waals surface area (Å²) >= 11 is 0. The first-order valence-corrected chi connectivity index (χ1v) is 10.7. The van der Waals surface area contributed by atoms with E-state index in [-0.39, 0.29) is 5.75 Å². The number of aryl methyl sites for hydroxylation is 1. The molecule has 0 amide bonds. The lowest BCUT2D eigenvalue weighted by Crippen LogP contribution is -2.17. The molecule has 0 fully saturated rings. The molecule has 28 heavy (non-hydrogen) atoms. The number of methoxy groups -OCH3 is 1. The van der Waals surface area contributed by atoms with Gasteiger partial charge in [-0.2, -0.15) is 0 Å². The molecule has 0 aliphatic carbocycles. The minimum atomic E-state index is -3.30. The van der Waals surface area contributed by atoms with E-state index >= 15 is 0 Å². The molecular formula is C22H24O5S. The van der Waals surface area contributed by atoms with E-state index in [1.165, 1.54) is 7.11 Å². The third-order valence-electron chi connectivity index (χ3n) is 4.02. The van der Waals surface area contributed by atoms with Crippen LogP contribution < -0.4 is 0 Å². The predicted octanol–water partition coefficient (Wildman–Crippen LogP) is 4.03. The van der Waals surface area contributed by atoms with Crippen LogP contribution in [-0.2, 0) is 25.7 Å². The summed E-state index contributed by atoms with van der Waals surface area (Å²) in [7, 11) is -2.05. The number of carbonyl (C=O) groups excluding carboxylic acids is 1. The number of ether oxygens (including phenoxy) is 2. The Morgan fingerprint density at radius 2 is 1.68 bits per heavy atom. The van der Waals surface area contributed by atoms with Crippen molar-refractivity contribution >= 4 is 16.0 Å². The van der Waals surface area contributed by atoms with Crippen LogP contribution in [-0.4, -0.2) is 33.5 Å². The quantitative estimate of drug-likeness (QED) is 0.380. The van der Waals surface area contributed by atoms with Crippen molar-refractivity contribution in [2.45, 2.75) is 36.7 Å². The summed E-state index contributed by atoms with van der Waals surface area (Å²) in [5.74, 6) is 5.87. The van der Waals surface area contributed by atoms with Crippen LogP contribution in [0.1, 0.15) is 24.8 Å². The third-order valence-corrected chi connectivity index (χ3v) is 5.84. The summed E-state index contributed by atoms with van der Waals surface area (Å²) in [6.45, 7) is 0. The fourth-order valence-corrected chi connectivity index (χ4v) is 3.88. The van der Waals surface area contributed by atoms with Gasteiger partial charge in [0.25, 0.3) is 0 Å². The van der Waals surface area contributed by atoms with Crippen molar-refractivity contribution in [3.05, 3.63) is 66.2 Å². The number of unbranched alkanes of at least 4 members (excludes halogenated alkanes) is 1. The van der Waals surface area contributed by atoms with Gasteiger partial charge in [-0.3, -0.25) is 0 Å². The molecule has 0 aliphatic heterocycles. The lowest BCUT2D eigenvalue weighted by atomic mass is 10.1. The molecule has 0 N–H and O–H groups in total. The Kier molecular flexibility index (Phi) is 8.57. The maximum Gasteiger partial charge on any atom is 0.509 e. The summed E-state index contributed by atoms with van der Waals surface area (Å²) in [5, 5.41) is 0. The summed E-state index contributed by atoms with van der Waals surface area (Å²) < 4.78 is 34.2. The van der Waals surface area contributed by atoms with E-state index in [1.54, 1.807) is 30.3 Å². The van der Waals surface area contributed by atoms with Gasteiger partial charge in [0.2, 0.25) is 0 Å². The van der Waals surface area contributed by atoms with Crippen LogP contribution in [0.15, 0.2) is 65.6 Å². The van der Waals surface area contributed by atoms with Crippen LogP contribution in [0.25, 0.3) is 0 Å². The van der Waals surface area contributed by atoms with Gasteiger partial charge in [-0.05, 0) is 30.5 Å². The minimum Gasteiger partial charge on any atom is -0.438 e. The normalized spacial score (nSPS) is 11.8. The van der Waals surface area contributed by atoms with Crippen LogP contribution in [0.5, 0.6) is 0 Å². The number of carbonyl (C=O) groups is 1. The minimum absolute atomic E-state index is 0.0260. The average molecular weight is 400 g/mol. The largest absolute Gasteiger partial charge is 0.509 e. The van der Waals surface area contributed by atoms with Crippen molar-refractivity contribution < 1.29 is 22.7 Å². The molecule has 0 aromatic heterocycles. The molecule has 2 rings (SSSR count). The Morgan fingerprint density at radius 1 is 1.04 bits per heavy atom. The van der Waals surface area contributed by atoms with Crippen molar-refractivity contribution in [1.82, 2.24) is 0 Å². The van der Waals surface area contributed by atoms with Gasteiger partial charge in [-0.1, -0.05) is 60.4 Å². The summed E-state index contributed by atoms with van der Waals surface area (Å²) in [6, 6.07) is 18.2. The van der Waals surface area contributed by atoms with E-state index in [0.717, 1.165) is 5.56 Å². The van der Waals surface area contributed by atoms with E-state index in [1.807, 2.05) is 30.3 Å². The zero-order valence-corrected chi connectivity index (χ0v) is 16.7. The van der Waals surface area contributed by atoms with E-state index in [0.29, 0.717) is 30.6 Å². The van der Waals surface area contributed by atoms with Crippen LogP contribution in [0.3, 0.4) is 0 Å². The second-order valence-corrected chi connectivity index (χ2v) is 8.25. The van der Waals surface area contributed by atoms with Gasteiger partial charge in [0.15, 0.2) is 15.9 Å². The van der Waals surface area contributed by atoms with Gasteiger partial charge in [0.1, 0.15) is 0 Å². The first kappa shape index (κ1) is 21.5. The van der Waals surface area contributed by atoms with Crippen LogP contribution >= 0.6 is 0 Å². The lowest BCUT2D eigenvalue weighted by Gasteiger charge is -2.11. The molecule has 0 spiro atoms. The first-order valence-electron chi connectivity index (χ1n) is 9.06. The molecule has 1 unspecified atom stereocenters. The molecule has 5 nitrogen and oxygen atoms in total. The monoisotopic (exact) mass is 400 g/mol. The standard InChI is InChI=1S/C22H24O5S/c1-26-22(23)27-20(17-16-19-11-5-2-6-12-19)13-7-4-10-18-28(24,25)21-14-8-3-9-15-21/h2-3,5-6,8-9,11-12,14-15,20H,4,10,16-18H2,1H3. The summed E-state index contributed by atoms with van der Waals surface area (Å²) in [5.41, 5.74) is 1.12. The summed E-state index contributed by atoms with van der Waals surface area (Å²) in [4.78, 5) is 11.7. The molecule has 148 valence electrons. The zero-order chi connectivity index (χ0) is 20.2. The lowest BCUT2D eigenvalue weighted by molar-refractivity contribution is 0.0529. The van der Waals surface area contributed by atoms with Gasteiger partial charge in [0, 0.05) is 12.8 Å². The van der Waals surface area contributed by atoms with E-state index in [9.17, 15) is 13.2 Å². The van der Waals surface area contributed by atoms with Crippen molar-refractivity contribution in [3.8, 4) is 11.8 Å². The molecule has 6 heteroatoms. The molecule has 0 radical (unpaired) electrons. The Hall–Kier alpha value is -2.78. The Balaban J connectivity index is 1.87. The van der Waals surface area contributed by atoms with Gasteiger partial charge < -0.3 is 9.47 Å². The van der Waals surface area contributed by atoms with Gasteiger partial charge in [-0.25, -0.2) is 13.2 Å². The van der Waals surface area contributed by atoms with Crippen LogP contribution in [0.2, 0.25) is 0 Å². The van der Waals surface area contributed by atoms with Crippen molar-refractivity contribution in [2.24, 2.45) is 0 Å². The fraction of sp³-hybridized carbons (Fsp3) is 0.318. The second-order valence-electron chi connectivity index (χ2n) is 6.14. The molecule has 2 aromatic carbocycles. The SMILES string of the molecule is COC(=O)OC(C#CCCCS(=O)(=O)c1ccccc1)CCc1ccccc1. The molecular weight excluding hydrogens is 376 g/mol. The Labute approximate surface area is 166 Å². The number of rotatable bonds is 8. The number of benzene rings is 2. The molecule has 2 aromatic rings. The van der Waals surface area contributed by atoms with Crippen LogP contribution in [0, 0.1) is 11.8 Å². The molecule has 0 bridgehead atoms. The number of sulfone groups is 1. The zero-order valence-electron chi connectivity index (χ0n) is 15.8. The molecule has 0 aliphatic rings. The maximum absolute atomic E-state index is 12.2. The highest BCUT2D eigenvalue weighted by Crippen LogP contribution is 2.12. The smallest absolute Gasteiger partial charge is 0.438 e. The number of hydrogen-bond donors (Lipinski definition) is 0. The fourth-order valence-electron chi connectivity index (χ4n) is 2.55. The van der Waals surface area contributed by atoms with Crippen molar-refractivity contribution in [2.75, 3.05) is 12.9 Å². The first-order chi connectivity index (χ1) is 13.5. The van der Waals surface area contributed by atoms with E-state index in [2.05, 4.69) is 16.6 Å². The topological polar surface area (TPSA) is 69.7 Å². The second kappa shape index (κ2) is 11.2. The molecule has 0 saturated carbocycles. The van der Waals surface area contributed by atoms with E-state index in [4.69, 9.17) is 4.74 Å². The van der Waals surface area contributed by atoms with Crippen LogP contribution in [0.4, 0.5) is 4.79 Å². The molecule has 0 heterocycles. The van der Waals surface area contributed by atoms with Gasteiger partial charge in [0.05, 0.1) is 17.8 Å². The highest BCUT2D eigenvalue weighted by molar-refractivity contribution is 7.91. The van der Waals surface area contributed by atoms with Crippen molar-refractivity contribution in [3.63, 3.8) is 0 Å². The van der Waals surface area contributed by atoms with Crippen molar-refractivity contribution in [1.29, 1.82) is 0 Å².